The van der Waals surface area contributed by atoms with Gasteiger partial charge in [-0.25, -0.2) is 0 Å². The third-order valence-electron chi connectivity index (χ3n) is 2.89. The summed E-state index contributed by atoms with van der Waals surface area (Å²) in [6.45, 7) is 7.85. The molecule has 0 saturated heterocycles. The van der Waals surface area contributed by atoms with Crippen molar-refractivity contribution in [2.45, 2.75) is 46.4 Å². The minimum Gasteiger partial charge on any atom is -0.307 e. The second-order valence-corrected chi connectivity index (χ2v) is 4.35. The summed E-state index contributed by atoms with van der Waals surface area (Å²) in [4.78, 5) is 0. The summed E-state index contributed by atoms with van der Waals surface area (Å²) < 4.78 is 4.00. The fraction of sp³-hybridized carbons (Fsp3) is 0.538. The Morgan fingerprint density at radius 1 is 1.22 bits per heavy atom. The lowest BCUT2D eigenvalue weighted by atomic mass is 10.3. The van der Waals surface area contributed by atoms with Crippen LogP contribution in [-0.4, -0.2) is 19.6 Å². The average molecular weight is 247 g/mol. The van der Waals surface area contributed by atoms with Crippen LogP contribution in [0.4, 0.5) is 0 Å². The minimum atomic E-state index is 0.845. The van der Waals surface area contributed by atoms with Crippen LogP contribution in [0.1, 0.15) is 31.5 Å². The molecule has 0 amide bonds. The van der Waals surface area contributed by atoms with Gasteiger partial charge in [0.25, 0.3) is 0 Å². The lowest BCUT2D eigenvalue weighted by Gasteiger charge is -2.06. The zero-order valence-electron chi connectivity index (χ0n) is 11.1. The average Bonchev–Trinajstić information content (AvgIpc) is 3.00. The van der Waals surface area contributed by atoms with Gasteiger partial charge < -0.3 is 5.32 Å². The number of aryl methyl sites for hydroxylation is 2. The van der Waals surface area contributed by atoms with E-state index in [4.69, 9.17) is 0 Å². The number of rotatable bonds is 7. The van der Waals surface area contributed by atoms with Crippen molar-refractivity contribution in [3.8, 4) is 0 Å². The molecule has 0 radical (unpaired) electrons. The molecule has 2 rings (SSSR count). The predicted molar refractivity (Wildman–Crippen MR) is 71.0 cm³/mol. The first-order valence-corrected chi connectivity index (χ1v) is 6.56. The van der Waals surface area contributed by atoms with Gasteiger partial charge >= 0.3 is 0 Å². The van der Waals surface area contributed by atoms with Gasteiger partial charge in [0.1, 0.15) is 0 Å². The summed E-state index contributed by atoms with van der Waals surface area (Å²) in [6.07, 6.45) is 6.97. The maximum Gasteiger partial charge on any atom is 0.0534 e. The van der Waals surface area contributed by atoms with E-state index in [-0.39, 0.29) is 0 Å². The van der Waals surface area contributed by atoms with Crippen LogP contribution in [0.2, 0.25) is 0 Å². The topological polar surface area (TPSA) is 47.7 Å². The molecule has 0 spiro atoms. The normalized spacial score (nSPS) is 11.0. The van der Waals surface area contributed by atoms with E-state index in [9.17, 15) is 0 Å². The molecule has 1 N–H and O–H groups in total. The molecule has 0 saturated carbocycles. The van der Waals surface area contributed by atoms with Gasteiger partial charge in [-0.15, -0.1) is 0 Å². The highest BCUT2D eigenvalue weighted by Crippen LogP contribution is 2.02. The molecular formula is C13H21N5. The van der Waals surface area contributed by atoms with Crippen LogP contribution in [0.3, 0.4) is 0 Å². The van der Waals surface area contributed by atoms with Gasteiger partial charge in [-0.1, -0.05) is 6.92 Å². The number of aromatic nitrogens is 4. The SMILES string of the molecule is CCCn1nccc1CNCc1cnn(CC)c1. The van der Waals surface area contributed by atoms with E-state index in [1.807, 2.05) is 17.1 Å². The molecule has 5 nitrogen and oxygen atoms in total. The first-order valence-electron chi connectivity index (χ1n) is 6.56. The van der Waals surface area contributed by atoms with E-state index in [2.05, 4.69) is 46.3 Å². The van der Waals surface area contributed by atoms with Crippen molar-refractivity contribution in [1.29, 1.82) is 0 Å². The van der Waals surface area contributed by atoms with E-state index >= 15 is 0 Å². The molecule has 18 heavy (non-hydrogen) atoms. The maximum atomic E-state index is 4.31. The number of nitrogens with zero attached hydrogens (tertiary/aromatic N) is 4. The molecule has 2 aromatic rings. The van der Waals surface area contributed by atoms with Crippen LogP contribution in [0.15, 0.2) is 24.7 Å². The smallest absolute Gasteiger partial charge is 0.0534 e. The van der Waals surface area contributed by atoms with E-state index in [1.54, 1.807) is 0 Å². The van der Waals surface area contributed by atoms with Gasteiger partial charge in [0, 0.05) is 44.1 Å². The molecule has 0 aromatic carbocycles. The first kappa shape index (κ1) is 12.8. The van der Waals surface area contributed by atoms with Crippen LogP contribution in [0, 0.1) is 0 Å². The standard InChI is InChI=1S/C13H21N5/c1-3-7-18-13(5-6-15-18)10-14-8-12-9-16-17(4-2)11-12/h5-6,9,11,14H,3-4,7-8,10H2,1-2H3. The molecule has 2 aromatic heterocycles. The van der Waals surface area contributed by atoms with Crippen molar-refractivity contribution >= 4 is 0 Å². The summed E-state index contributed by atoms with van der Waals surface area (Å²) in [7, 11) is 0. The quantitative estimate of drug-likeness (QED) is 0.811. The van der Waals surface area contributed by atoms with Crippen molar-refractivity contribution in [3.05, 3.63) is 35.9 Å². The van der Waals surface area contributed by atoms with E-state index in [0.717, 1.165) is 32.6 Å². The van der Waals surface area contributed by atoms with Gasteiger partial charge in [-0.2, -0.15) is 10.2 Å². The second-order valence-electron chi connectivity index (χ2n) is 4.35. The lowest BCUT2D eigenvalue weighted by Crippen LogP contribution is -2.16. The van der Waals surface area contributed by atoms with Crippen LogP contribution < -0.4 is 5.32 Å². The fourth-order valence-electron chi connectivity index (χ4n) is 1.93. The monoisotopic (exact) mass is 247 g/mol. The Labute approximate surface area is 108 Å². The molecular weight excluding hydrogens is 226 g/mol. The second kappa shape index (κ2) is 6.35. The van der Waals surface area contributed by atoms with Crippen molar-refractivity contribution in [2.75, 3.05) is 0 Å². The molecule has 98 valence electrons. The van der Waals surface area contributed by atoms with Gasteiger partial charge in [0.05, 0.1) is 11.9 Å². The van der Waals surface area contributed by atoms with Crippen molar-refractivity contribution in [3.63, 3.8) is 0 Å². The highest BCUT2D eigenvalue weighted by Gasteiger charge is 2.02. The number of nitrogens with one attached hydrogen (secondary N) is 1. The van der Waals surface area contributed by atoms with Gasteiger partial charge in [0.2, 0.25) is 0 Å². The van der Waals surface area contributed by atoms with E-state index < -0.39 is 0 Å². The summed E-state index contributed by atoms with van der Waals surface area (Å²) in [5.74, 6) is 0. The summed E-state index contributed by atoms with van der Waals surface area (Å²) in [6, 6.07) is 2.07. The van der Waals surface area contributed by atoms with Crippen LogP contribution >= 0.6 is 0 Å². The molecule has 2 heterocycles. The molecule has 0 atom stereocenters. The van der Waals surface area contributed by atoms with Crippen LogP contribution in [0.25, 0.3) is 0 Å². The van der Waals surface area contributed by atoms with Gasteiger partial charge in [-0.3, -0.25) is 9.36 Å². The van der Waals surface area contributed by atoms with Crippen molar-refractivity contribution in [1.82, 2.24) is 24.9 Å². The molecule has 0 unspecified atom stereocenters. The van der Waals surface area contributed by atoms with Gasteiger partial charge in [-0.05, 0) is 19.4 Å². The highest BCUT2D eigenvalue weighted by molar-refractivity contribution is 5.05. The highest BCUT2D eigenvalue weighted by atomic mass is 15.3. The third-order valence-corrected chi connectivity index (χ3v) is 2.89. The number of hydrogen-bond acceptors (Lipinski definition) is 3. The summed E-state index contributed by atoms with van der Waals surface area (Å²) in [5.41, 5.74) is 2.46. The van der Waals surface area contributed by atoms with Crippen molar-refractivity contribution in [2.24, 2.45) is 0 Å². The Hall–Kier alpha value is -1.62. The first-order chi connectivity index (χ1) is 8.83. The Kier molecular flexibility index (Phi) is 4.52. The predicted octanol–water partition coefficient (Wildman–Crippen LogP) is 1.80. The molecule has 0 aliphatic heterocycles. The zero-order chi connectivity index (χ0) is 12.8. The molecule has 0 bridgehead atoms. The van der Waals surface area contributed by atoms with Crippen LogP contribution in [-0.2, 0) is 26.2 Å². The largest absolute Gasteiger partial charge is 0.307 e. The molecule has 0 aliphatic carbocycles. The minimum absolute atomic E-state index is 0.845. The Morgan fingerprint density at radius 2 is 2.11 bits per heavy atom. The fourth-order valence-corrected chi connectivity index (χ4v) is 1.93. The number of hydrogen-bond donors (Lipinski definition) is 1. The van der Waals surface area contributed by atoms with E-state index in [0.29, 0.717) is 0 Å². The molecule has 0 fully saturated rings. The third kappa shape index (κ3) is 3.20. The summed E-state index contributed by atoms with van der Waals surface area (Å²) in [5, 5.41) is 12.0. The zero-order valence-corrected chi connectivity index (χ0v) is 11.1. The molecule has 0 aliphatic rings. The van der Waals surface area contributed by atoms with Crippen LogP contribution in [0.5, 0.6) is 0 Å². The van der Waals surface area contributed by atoms with Crippen molar-refractivity contribution < 1.29 is 0 Å². The lowest BCUT2D eigenvalue weighted by molar-refractivity contribution is 0.549. The Bertz CT molecular complexity index is 471. The van der Waals surface area contributed by atoms with E-state index in [1.165, 1.54) is 11.3 Å². The maximum absolute atomic E-state index is 4.31. The Morgan fingerprint density at radius 3 is 2.83 bits per heavy atom. The summed E-state index contributed by atoms with van der Waals surface area (Å²) >= 11 is 0. The van der Waals surface area contributed by atoms with Gasteiger partial charge in [0.15, 0.2) is 0 Å². The molecule has 5 heteroatoms. The Balaban J connectivity index is 1.82.